The quantitative estimate of drug-likeness (QED) is 0.752. The summed E-state index contributed by atoms with van der Waals surface area (Å²) in [6, 6.07) is 4.71. The van der Waals surface area contributed by atoms with Crippen molar-refractivity contribution in [2.75, 3.05) is 55.7 Å². The van der Waals surface area contributed by atoms with Crippen LogP contribution in [-0.2, 0) is 14.3 Å². The van der Waals surface area contributed by atoms with Gasteiger partial charge in [-0.1, -0.05) is 0 Å². The number of primary amides is 1. The number of nitrogens with one attached hydrogen (secondary N) is 1. The lowest BCUT2D eigenvalue weighted by atomic mass is 10.2. The molecule has 0 bridgehead atoms. The first-order chi connectivity index (χ1) is 12.0. The summed E-state index contributed by atoms with van der Waals surface area (Å²) in [6.07, 6.45) is -0.960. The Morgan fingerprint density at radius 2 is 2.12 bits per heavy atom. The van der Waals surface area contributed by atoms with E-state index in [1.54, 1.807) is 12.1 Å². The number of rotatable bonds is 6. The molecule has 0 saturated carbocycles. The number of morpholine rings is 1. The van der Waals surface area contributed by atoms with Gasteiger partial charge in [-0.2, -0.15) is 0 Å². The summed E-state index contributed by atoms with van der Waals surface area (Å²) in [5.41, 5.74) is 5.98. The fourth-order valence-electron chi connectivity index (χ4n) is 2.92. The van der Waals surface area contributed by atoms with Crippen molar-refractivity contribution >= 4 is 23.4 Å². The van der Waals surface area contributed by atoms with Crippen molar-refractivity contribution in [1.29, 1.82) is 0 Å². The zero-order valence-electron chi connectivity index (χ0n) is 13.7. The number of halogens is 1. The van der Waals surface area contributed by atoms with Gasteiger partial charge in [-0.15, -0.1) is 0 Å². The van der Waals surface area contributed by atoms with Gasteiger partial charge < -0.3 is 25.4 Å². The van der Waals surface area contributed by atoms with E-state index in [1.165, 1.54) is 11.0 Å². The molecule has 2 fully saturated rings. The minimum absolute atomic E-state index is 0.0108. The largest absolute Gasteiger partial charge is 0.443 e. The van der Waals surface area contributed by atoms with Crippen molar-refractivity contribution in [2.24, 2.45) is 5.73 Å². The van der Waals surface area contributed by atoms with Crippen LogP contribution in [0.2, 0.25) is 0 Å². The molecule has 2 saturated heterocycles. The third-order valence-electron chi connectivity index (χ3n) is 4.14. The number of amides is 2. The highest BCUT2D eigenvalue weighted by Gasteiger charge is 2.32. The molecule has 0 aromatic heterocycles. The molecule has 1 aromatic carbocycles. The molecule has 3 N–H and O–H groups in total. The maximum atomic E-state index is 14.5. The molecule has 0 aliphatic carbocycles. The molecule has 8 nitrogen and oxygen atoms in total. The molecule has 25 heavy (non-hydrogen) atoms. The Bertz CT molecular complexity index is 651. The predicted molar refractivity (Wildman–Crippen MR) is 89.1 cm³/mol. The number of benzene rings is 1. The van der Waals surface area contributed by atoms with E-state index in [4.69, 9.17) is 15.2 Å². The normalized spacial score (nSPS) is 20.7. The molecule has 2 amide bonds. The molecular weight excluding hydrogens is 331 g/mol. The number of ether oxygens (including phenoxy) is 2. The topological polar surface area (TPSA) is 97.1 Å². The Hall–Kier alpha value is -2.39. The van der Waals surface area contributed by atoms with E-state index in [2.05, 4.69) is 5.32 Å². The zero-order valence-corrected chi connectivity index (χ0v) is 13.7. The molecule has 0 radical (unpaired) electrons. The van der Waals surface area contributed by atoms with Crippen LogP contribution in [0.25, 0.3) is 0 Å². The molecule has 9 heteroatoms. The molecule has 1 atom stereocenters. The average Bonchev–Trinajstić information content (AvgIpc) is 2.96. The molecule has 2 aliphatic heterocycles. The highest BCUT2D eigenvalue weighted by atomic mass is 19.1. The van der Waals surface area contributed by atoms with E-state index in [1.807, 2.05) is 4.90 Å². The summed E-state index contributed by atoms with van der Waals surface area (Å²) in [6.45, 7) is 3.00. The lowest BCUT2D eigenvalue weighted by molar-refractivity contribution is -0.117. The third-order valence-corrected chi connectivity index (χ3v) is 4.14. The predicted octanol–water partition coefficient (Wildman–Crippen LogP) is 0.0624. The lowest BCUT2D eigenvalue weighted by Gasteiger charge is -2.29. The first-order valence-electron chi connectivity index (χ1n) is 8.14. The molecule has 0 spiro atoms. The van der Waals surface area contributed by atoms with Crippen LogP contribution >= 0.6 is 0 Å². The van der Waals surface area contributed by atoms with Crippen molar-refractivity contribution in [3.63, 3.8) is 0 Å². The maximum absolute atomic E-state index is 14.5. The summed E-state index contributed by atoms with van der Waals surface area (Å²) in [7, 11) is 0. The number of nitrogens with zero attached hydrogens (tertiary/aromatic N) is 2. The Balaban J connectivity index is 1.64. The fourth-order valence-corrected chi connectivity index (χ4v) is 2.92. The second kappa shape index (κ2) is 7.66. The van der Waals surface area contributed by atoms with E-state index in [0.717, 1.165) is 0 Å². The van der Waals surface area contributed by atoms with Gasteiger partial charge in [0.05, 0.1) is 37.7 Å². The Morgan fingerprint density at radius 3 is 2.80 bits per heavy atom. The van der Waals surface area contributed by atoms with Gasteiger partial charge in [0.15, 0.2) is 0 Å². The molecule has 3 rings (SSSR count). The van der Waals surface area contributed by atoms with Gasteiger partial charge in [0.1, 0.15) is 11.9 Å². The molecule has 0 unspecified atom stereocenters. The van der Waals surface area contributed by atoms with Crippen molar-refractivity contribution in [1.82, 2.24) is 5.32 Å². The minimum atomic E-state index is -0.538. The van der Waals surface area contributed by atoms with E-state index in [0.29, 0.717) is 44.2 Å². The summed E-state index contributed by atoms with van der Waals surface area (Å²) in [5.74, 6) is -0.871. The second-order valence-electron chi connectivity index (χ2n) is 5.95. The van der Waals surface area contributed by atoms with Gasteiger partial charge in [-0.05, 0) is 18.2 Å². The van der Waals surface area contributed by atoms with Crippen molar-refractivity contribution in [2.45, 2.75) is 6.10 Å². The van der Waals surface area contributed by atoms with Gasteiger partial charge in [0.25, 0.3) is 0 Å². The van der Waals surface area contributed by atoms with E-state index < -0.39 is 18.1 Å². The lowest BCUT2D eigenvalue weighted by Crippen LogP contribution is -2.37. The summed E-state index contributed by atoms with van der Waals surface area (Å²) < 4.78 is 25.0. The third kappa shape index (κ3) is 4.18. The van der Waals surface area contributed by atoms with Crippen LogP contribution in [-0.4, -0.2) is 64.0 Å². The van der Waals surface area contributed by atoms with Gasteiger partial charge >= 0.3 is 6.09 Å². The van der Waals surface area contributed by atoms with Crippen LogP contribution in [0, 0.1) is 5.82 Å². The number of cyclic esters (lactones) is 1. The maximum Gasteiger partial charge on any atom is 0.414 e. The Kier molecular flexibility index (Phi) is 5.34. The smallest absolute Gasteiger partial charge is 0.414 e. The van der Waals surface area contributed by atoms with Gasteiger partial charge in [-0.3, -0.25) is 9.69 Å². The summed E-state index contributed by atoms with van der Waals surface area (Å²) in [4.78, 5) is 26.0. The van der Waals surface area contributed by atoms with Crippen LogP contribution in [0.1, 0.15) is 0 Å². The summed E-state index contributed by atoms with van der Waals surface area (Å²) >= 11 is 0. The van der Waals surface area contributed by atoms with Crippen molar-refractivity contribution < 1.29 is 23.5 Å². The summed E-state index contributed by atoms with van der Waals surface area (Å²) in [5, 5.41) is 2.81. The number of anilines is 2. The second-order valence-corrected chi connectivity index (χ2v) is 5.95. The highest BCUT2D eigenvalue weighted by Crippen LogP contribution is 2.28. The SMILES string of the molecule is NC(=O)CNC[C@H]1CN(c2ccc(N3CCOCC3)c(F)c2)C(=O)O1. The molecule has 1 aromatic rings. The number of hydrogen-bond donors (Lipinski definition) is 2. The molecule has 136 valence electrons. The number of hydrogen-bond acceptors (Lipinski definition) is 6. The van der Waals surface area contributed by atoms with Crippen LogP contribution in [0.5, 0.6) is 0 Å². The number of carbonyl (C=O) groups is 2. The first-order valence-corrected chi connectivity index (χ1v) is 8.14. The van der Waals surface area contributed by atoms with E-state index in [-0.39, 0.29) is 18.9 Å². The average molecular weight is 352 g/mol. The van der Waals surface area contributed by atoms with Crippen LogP contribution in [0.15, 0.2) is 18.2 Å². The standard InChI is InChI=1S/C16H21FN4O4/c17-13-7-11(1-2-14(13)20-3-5-24-6-4-20)21-10-12(25-16(21)23)8-19-9-15(18)22/h1-2,7,12,19H,3-6,8-10H2,(H2,18,22)/t12-/m0/s1. The molecule has 2 heterocycles. The van der Waals surface area contributed by atoms with Gasteiger partial charge in [-0.25, -0.2) is 9.18 Å². The fraction of sp³-hybridized carbons (Fsp3) is 0.500. The van der Waals surface area contributed by atoms with Crippen LogP contribution in [0.4, 0.5) is 20.6 Å². The highest BCUT2D eigenvalue weighted by molar-refractivity contribution is 5.90. The number of nitrogens with two attached hydrogens (primary N) is 1. The van der Waals surface area contributed by atoms with Gasteiger partial charge in [0.2, 0.25) is 5.91 Å². The molecular formula is C16H21FN4O4. The van der Waals surface area contributed by atoms with Crippen LogP contribution < -0.4 is 20.9 Å². The number of carbonyl (C=O) groups excluding carboxylic acids is 2. The first kappa shape index (κ1) is 17.4. The van der Waals surface area contributed by atoms with E-state index >= 15 is 0 Å². The monoisotopic (exact) mass is 352 g/mol. The van der Waals surface area contributed by atoms with E-state index in [9.17, 15) is 14.0 Å². The van der Waals surface area contributed by atoms with Crippen molar-refractivity contribution in [3.05, 3.63) is 24.0 Å². The Morgan fingerprint density at radius 1 is 1.36 bits per heavy atom. The van der Waals surface area contributed by atoms with Crippen LogP contribution in [0.3, 0.4) is 0 Å². The van der Waals surface area contributed by atoms with Crippen molar-refractivity contribution in [3.8, 4) is 0 Å². The minimum Gasteiger partial charge on any atom is -0.443 e. The Labute approximate surface area is 144 Å². The zero-order chi connectivity index (χ0) is 17.8. The molecule has 2 aliphatic rings. The van der Waals surface area contributed by atoms with Gasteiger partial charge in [0, 0.05) is 19.6 Å².